The molecule has 0 unspecified atom stereocenters. The number of hydrogen-bond acceptors (Lipinski definition) is 9. The average Bonchev–Trinajstić information content (AvgIpc) is 3.33. The molecule has 13 heteroatoms. The van der Waals surface area contributed by atoms with Crippen LogP contribution in [0.2, 0.25) is 0 Å². The van der Waals surface area contributed by atoms with E-state index in [2.05, 4.69) is 28.9 Å². The van der Waals surface area contributed by atoms with Crippen LogP contribution in [-0.4, -0.2) is 80.4 Å². The highest BCUT2D eigenvalue weighted by molar-refractivity contribution is 5.88. The Morgan fingerprint density at radius 1 is 0.927 bits per heavy atom. The number of nitrogens with zero attached hydrogens (tertiary/aromatic N) is 3. The van der Waals surface area contributed by atoms with Crippen molar-refractivity contribution in [1.29, 1.82) is 0 Å². The molecule has 0 spiro atoms. The molecular weight excluding hydrogens is 538 g/mol. The molecule has 0 fully saturated rings. The maximum Gasteiger partial charge on any atom is 0.336 e. The summed E-state index contributed by atoms with van der Waals surface area (Å²) in [7, 11) is 3.65. The van der Waals surface area contributed by atoms with Crippen LogP contribution < -0.4 is 19.1 Å². The van der Waals surface area contributed by atoms with Crippen LogP contribution in [0.5, 0.6) is 17.2 Å². The van der Waals surface area contributed by atoms with Gasteiger partial charge in [-0.3, -0.25) is 9.59 Å². The lowest BCUT2D eigenvalue weighted by Crippen LogP contribution is -2.42. The summed E-state index contributed by atoms with van der Waals surface area (Å²) < 4.78 is 18.8. The van der Waals surface area contributed by atoms with Crippen molar-refractivity contribution in [2.24, 2.45) is 7.05 Å². The van der Waals surface area contributed by atoms with Crippen LogP contribution in [0.3, 0.4) is 0 Å². The molecule has 2 aromatic carbocycles. The Bertz CT molecular complexity index is 1260. The minimum Gasteiger partial charge on any atom is -0.493 e. The fraction of sp³-hybridized carbons (Fsp3) is 0.357. The number of imidazole rings is 1. The van der Waals surface area contributed by atoms with Gasteiger partial charge in [0, 0.05) is 25.5 Å². The fourth-order valence-corrected chi connectivity index (χ4v) is 3.63. The molecule has 222 valence electrons. The number of aromatic nitrogens is 2. The van der Waals surface area contributed by atoms with Gasteiger partial charge < -0.3 is 44.1 Å². The number of carboxylic acids is 3. The lowest BCUT2D eigenvalue weighted by molar-refractivity contribution is -0.170. The smallest absolute Gasteiger partial charge is 0.336 e. The van der Waals surface area contributed by atoms with Crippen LogP contribution in [-0.2, 0) is 28.0 Å². The highest BCUT2D eigenvalue weighted by Crippen LogP contribution is 2.26. The summed E-state index contributed by atoms with van der Waals surface area (Å²) in [6.45, 7) is 4.79. The lowest BCUT2D eigenvalue weighted by atomic mass is 9.96. The summed E-state index contributed by atoms with van der Waals surface area (Å²) in [6, 6.07) is 15.7. The number of para-hydroxylation sites is 2. The Morgan fingerprint density at radius 2 is 1.51 bits per heavy atom. The van der Waals surface area contributed by atoms with Crippen molar-refractivity contribution < 1.29 is 49.0 Å². The third-order valence-electron chi connectivity index (χ3n) is 5.82. The molecule has 4 N–H and O–H groups in total. The first-order chi connectivity index (χ1) is 19.5. The van der Waals surface area contributed by atoms with Crippen LogP contribution in [0.1, 0.15) is 25.5 Å². The second-order valence-electron chi connectivity index (χ2n) is 8.83. The Morgan fingerprint density at radius 3 is 2.00 bits per heavy atom. The number of hydrogen-bond donors (Lipinski definition) is 4. The van der Waals surface area contributed by atoms with Crippen molar-refractivity contribution in [1.82, 2.24) is 9.55 Å². The van der Waals surface area contributed by atoms with Gasteiger partial charge in [-0.15, -0.1) is 0 Å². The number of aryl methyl sites for hydroxylation is 1. The number of aliphatic hydroxyl groups is 1. The quantitative estimate of drug-likeness (QED) is 0.195. The summed E-state index contributed by atoms with van der Waals surface area (Å²) in [5.74, 6) is -2.75. The molecule has 13 nitrogen and oxygen atoms in total. The molecule has 0 amide bonds. The number of benzene rings is 2. The Kier molecular flexibility index (Phi) is 12.4. The van der Waals surface area contributed by atoms with E-state index >= 15 is 0 Å². The summed E-state index contributed by atoms with van der Waals surface area (Å²) in [4.78, 5) is 37.0. The topological polar surface area (TPSA) is 181 Å². The molecule has 0 aliphatic carbocycles. The molecule has 0 radical (unpaired) electrons. The van der Waals surface area contributed by atoms with E-state index < -0.39 is 36.4 Å². The van der Waals surface area contributed by atoms with Crippen molar-refractivity contribution in [3.05, 3.63) is 66.7 Å². The van der Waals surface area contributed by atoms with E-state index in [1.54, 1.807) is 7.11 Å². The normalized spacial score (nSPS) is 10.6. The zero-order chi connectivity index (χ0) is 30.4. The molecule has 0 bridgehead atoms. The number of rotatable bonds is 15. The van der Waals surface area contributed by atoms with E-state index in [4.69, 9.17) is 34.6 Å². The molecular formula is C28H35N3O10. The van der Waals surface area contributed by atoms with Crippen LogP contribution in [0.25, 0.3) is 0 Å². The minimum absolute atomic E-state index is 0.448. The number of aliphatic carboxylic acids is 3. The molecule has 0 aliphatic heterocycles. The number of anilines is 1. The predicted octanol–water partition coefficient (Wildman–Crippen LogP) is 2.66. The molecule has 0 atom stereocenters. The Labute approximate surface area is 237 Å². The highest BCUT2D eigenvalue weighted by Gasteiger charge is 2.40. The molecule has 1 heterocycles. The Balaban J connectivity index is 0.000000383. The van der Waals surface area contributed by atoms with Gasteiger partial charge in [0.1, 0.15) is 19.0 Å². The van der Waals surface area contributed by atoms with Gasteiger partial charge in [-0.2, -0.15) is 0 Å². The van der Waals surface area contributed by atoms with Gasteiger partial charge in [-0.05, 0) is 43.3 Å². The lowest BCUT2D eigenvalue weighted by Gasteiger charge is -2.23. The van der Waals surface area contributed by atoms with Crippen LogP contribution in [0, 0.1) is 0 Å². The first-order valence-electron chi connectivity index (χ1n) is 12.6. The molecule has 3 aromatic rings. The summed E-state index contributed by atoms with van der Waals surface area (Å²) in [5.41, 5.74) is -0.408. The van der Waals surface area contributed by atoms with Crippen molar-refractivity contribution in [3.63, 3.8) is 0 Å². The van der Waals surface area contributed by atoms with E-state index in [0.29, 0.717) is 13.2 Å². The number of carboxylic acid groups (broad SMARTS) is 3. The number of ether oxygens (including phenoxy) is 3. The first kappa shape index (κ1) is 32.4. The molecule has 1 aromatic heterocycles. The van der Waals surface area contributed by atoms with Crippen molar-refractivity contribution in [3.8, 4) is 17.2 Å². The van der Waals surface area contributed by atoms with Crippen LogP contribution >= 0.6 is 0 Å². The first-order valence-corrected chi connectivity index (χ1v) is 12.6. The van der Waals surface area contributed by atoms with Crippen molar-refractivity contribution in [2.75, 3.05) is 31.8 Å². The molecule has 0 saturated heterocycles. The summed E-state index contributed by atoms with van der Waals surface area (Å²) in [6.07, 6.45) is 1.44. The molecule has 41 heavy (non-hydrogen) atoms. The predicted molar refractivity (Wildman–Crippen MR) is 147 cm³/mol. The molecule has 0 saturated carbocycles. The van der Waals surface area contributed by atoms with Gasteiger partial charge in [-0.1, -0.05) is 12.1 Å². The second-order valence-corrected chi connectivity index (χ2v) is 8.83. The SMILES string of the molecule is CCN(Cc1cncn1C)c1ccc(OCCOc2ccccc2OC)cc1.O=C(O)CC(O)(CC(=O)O)C(=O)O. The zero-order valence-electron chi connectivity index (χ0n) is 23.1. The number of methoxy groups -OCH3 is 1. The minimum atomic E-state index is -2.74. The molecule has 3 rings (SSSR count). The highest BCUT2D eigenvalue weighted by atomic mass is 16.5. The van der Waals surface area contributed by atoms with Gasteiger partial charge in [0.15, 0.2) is 17.1 Å². The average molecular weight is 574 g/mol. The van der Waals surface area contributed by atoms with Crippen LogP contribution in [0.4, 0.5) is 5.69 Å². The monoisotopic (exact) mass is 573 g/mol. The van der Waals surface area contributed by atoms with Gasteiger partial charge in [-0.25, -0.2) is 9.78 Å². The fourth-order valence-electron chi connectivity index (χ4n) is 3.63. The van der Waals surface area contributed by atoms with Crippen LogP contribution in [0.15, 0.2) is 61.1 Å². The van der Waals surface area contributed by atoms with Crippen molar-refractivity contribution >= 4 is 23.6 Å². The summed E-state index contributed by atoms with van der Waals surface area (Å²) in [5, 5.41) is 33.8. The van der Waals surface area contributed by atoms with Gasteiger partial charge in [0.2, 0.25) is 0 Å². The maximum absolute atomic E-state index is 10.3. The standard InChI is InChI=1S/C22H27N3O3.C6H8O7/c1-4-25(16-19-15-23-17-24(19)2)18-9-11-20(12-10-18)27-13-14-28-22-8-6-5-7-21(22)26-3;7-3(8)1-6(13,5(11)12)2-4(9)10/h5-12,15,17H,4,13-14,16H2,1-3H3;13H,1-2H2,(H,7,8)(H,9,10)(H,11,12). The Hall–Kier alpha value is -4.78. The second kappa shape index (κ2) is 15.7. The third kappa shape index (κ3) is 10.4. The van der Waals surface area contributed by atoms with E-state index in [0.717, 1.165) is 36.0 Å². The maximum atomic E-state index is 10.3. The van der Waals surface area contributed by atoms with Gasteiger partial charge >= 0.3 is 17.9 Å². The largest absolute Gasteiger partial charge is 0.493 e. The van der Waals surface area contributed by atoms with E-state index in [1.165, 1.54) is 5.69 Å². The van der Waals surface area contributed by atoms with Gasteiger partial charge in [0.05, 0.1) is 38.5 Å². The molecule has 0 aliphatic rings. The van der Waals surface area contributed by atoms with E-state index in [-0.39, 0.29) is 0 Å². The van der Waals surface area contributed by atoms with Gasteiger partial charge in [0.25, 0.3) is 0 Å². The van der Waals surface area contributed by atoms with Crippen molar-refractivity contribution in [2.45, 2.75) is 31.9 Å². The zero-order valence-corrected chi connectivity index (χ0v) is 23.1. The van der Waals surface area contributed by atoms with E-state index in [1.807, 2.05) is 60.5 Å². The summed E-state index contributed by atoms with van der Waals surface area (Å²) >= 11 is 0. The third-order valence-corrected chi connectivity index (χ3v) is 5.82. The van der Waals surface area contributed by atoms with E-state index in [9.17, 15) is 14.4 Å². The number of carbonyl (C=O) groups is 3.